The summed E-state index contributed by atoms with van der Waals surface area (Å²) in [5, 5.41) is 3.49. The van der Waals surface area contributed by atoms with Crippen LogP contribution in [0.15, 0.2) is 108 Å². The molecule has 2 heterocycles. The summed E-state index contributed by atoms with van der Waals surface area (Å²) in [6.07, 6.45) is 3.32. The number of ether oxygens (including phenoxy) is 2. The predicted octanol–water partition coefficient (Wildman–Crippen LogP) is 4.22. The Balaban J connectivity index is 1.36. The van der Waals surface area contributed by atoms with Crippen LogP contribution in [0.4, 0.5) is 0 Å². The number of halogens is 1. The van der Waals surface area contributed by atoms with Crippen LogP contribution >= 0.6 is 11.6 Å². The average molecular weight is 649 g/mol. The summed E-state index contributed by atoms with van der Waals surface area (Å²) in [5.41, 5.74) is 2.21. The monoisotopic (exact) mass is 648 g/mol. The van der Waals surface area contributed by atoms with Gasteiger partial charge in [0.15, 0.2) is 6.61 Å². The standard InChI is InChI=1S/C33H33ClN4O6S/c34-28-10-8-25(9-11-28)23-38(32(27-6-2-1-3-7-27)33(40)36-22-26-5-4-16-35-21-26)31(39)24-44-29-12-14-30(15-13-29)45(41,42)37-17-19-43-20-18-37/h1-16,21,32H,17-20,22-24H2,(H,36,40). The Kier molecular flexibility index (Phi) is 10.8. The highest BCUT2D eigenvalue weighted by Crippen LogP contribution is 2.26. The fraction of sp³-hybridized carbons (Fsp3) is 0.242. The first kappa shape index (κ1) is 32.1. The van der Waals surface area contributed by atoms with Crippen LogP contribution in [-0.4, -0.2) is 67.3 Å². The lowest BCUT2D eigenvalue weighted by molar-refractivity contribution is -0.143. The molecule has 1 fully saturated rings. The molecule has 1 aliphatic rings. The summed E-state index contributed by atoms with van der Waals surface area (Å²) in [7, 11) is -3.67. The SMILES string of the molecule is O=C(NCc1cccnc1)C(c1ccccc1)N(Cc1ccc(Cl)cc1)C(=O)COc1ccc(S(=O)(=O)N2CCOCC2)cc1. The molecule has 234 valence electrons. The van der Waals surface area contributed by atoms with E-state index < -0.39 is 22.0 Å². The second-order valence-electron chi connectivity index (χ2n) is 10.3. The van der Waals surface area contributed by atoms with Crippen molar-refractivity contribution < 1.29 is 27.5 Å². The van der Waals surface area contributed by atoms with Gasteiger partial charge >= 0.3 is 0 Å². The molecule has 2 amide bonds. The summed E-state index contributed by atoms with van der Waals surface area (Å²) in [6, 6.07) is 24.7. The first-order chi connectivity index (χ1) is 21.8. The molecule has 5 rings (SSSR count). The maximum atomic E-state index is 13.9. The van der Waals surface area contributed by atoms with Crippen LogP contribution in [-0.2, 0) is 37.4 Å². The Morgan fingerprint density at radius 2 is 1.64 bits per heavy atom. The number of sulfonamides is 1. The Morgan fingerprint density at radius 3 is 2.31 bits per heavy atom. The van der Waals surface area contributed by atoms with E-state index in [4.69, 9.17) is 21.1 Å². The molecular formula is C33H33ClN4O6S. The molecule has 1 atom stereocenters. The maximum Gasteiger partial charge on any atom is 0.261 e. The minimum atomic E-state index is -3.67. The van der Waals surface area contributed by atoms with Gasteiger partial charge in [0.05, 0.1) is 18.1 Å². The summed E-state index contributed by atoms with van der Waals surface area (Å²) in [5.74, 6) is -0.501. The zero-order valence-electron chi connectivity index (χ0n) is 24.4. The van der Waals surface area contributed by atoms with E-state index in [0.717, 1.165) is 11.1 Å². The fourth-order valence-electron chi connectivity index (χ4n) is 4.88. The number of nitrogens with zero attached hydrogens (tertiary/aromatic N) is 3. The van der Waals surface area contributed by atoms with Crippen molar-refractivity contribution in [2.45, 2.75) is 24.0 Å². The number of nitrogens with one attached hydrogen (secondary N) is 1. The first-order valence-corrected chi connectivity index (χ1v) is 16.2. The minimum absolute atomic E-state index is 0.107. The number of morpholine rings is 1. The van der Waals surface area contributed by atoms with Gasteiger partial charge in [-0.3, -0.25) is 14.6 Å². The van der Waals surface area contributed by atoms with Gasteiger partial charge in [0.2, 0.25) is 15.9 Å². The van der Waals surface area contributed by atoms with Gasteiger partial charge in [-0.2, -0.15) is 4.31 Å². The van der Waals surface area contributed by atoms with E-state index >= 15 is 0 Å². The molecule has 1 unspecified atom stereocenters. The van der Waals surface area contributed by atoms with Gasteiger partial charge in [0.25, 0.3) is 5.91 Å². The minimum Gasteiger partial charge on any atom is -0.484 e. The lowest BCUT2D eigenvalue weighted by Gasteiger charge is -2.31. The molecule has 45 heavy (non-hydrogen) atoms. The van der Waals surface area contributed by atoms with Crippen LogP contribution in [0, 0.1) is 0 Å². The van der Waals surface area contributed by atoms with Crippen molar-refractivity contribution in [1.82, 2.24) is 19.5 Å². The molecule has 1 aliphatic heterocycles. The summed E-state index contributed by atoms with van der Waals surface area (Å²) in [6.45, 7) is 1.22. The number of rotatable bonds is 12. The third kappa shape index (κ3) is 8.46. The Labute approximate surface area is 267 Å². The van der Waals surface area contributed by atoms with Crippen molar-refractivity contribution in [3.05, 3.63) is 125 Å². The smallest absolute Gasteiger partial charge is 0.261 e. The number of benzene rings is 3. The van der Waals surface area contributed by atoms with E-state index in [1.807, 2.05) is 24.3 Å². The number of aromatic nitrogens is 1. The van der Waals surface area contributed by atoms with Crippen molar-refractivity contribution in [3.8, 4) is 5.75 Å². The van der Waals surface area contributed by atoms with E-state index in [1.165, 1.54) is 33.5 Å². The molecule has 0 aliphatic carbocycles. The molecule has 0 spiro atoms. The average Bonchev–Trinajstić information content (AvgIpc) is 3.08. The van der Waals surface area contributed by atoms with Gasteiger partial charge in [-0.05, 0) is 59.2 Å². The van der Waals surface area contributed by atoms with Gasteiger partial charge in [0.1, 0.15) is 11.8 Å². The molecule has 12 heteroatoms. The van der Waals surface area contributed by atoms with Crippen LogP contribution in [0.2, 0.25) is 5.02 Å². The molecular weight excluding hydrogens is 616 g/mol. The zero-order valence-corrected chi connectivity index (χ0v) is 26.0. The molecule has 3 aromatic carbocycles. The highest BCUT2D eigenvalue weighted by Gasteiger charge is 2.32. The molecule has 4 aromatic rings. The quantitative estimate of drug-likeness (QED) is 0.244. The third-order valence-electron chi connectivity index (χ3n) is 7.25. The Morgan fingerprint density at radius 1 is 0.933 bits per heavy atom. The van der Waals surface area contributed by atoms with E-state index in [-0.39, 0.29) is 43.6 Å². The summed E-state index contributed by atoms with van der Waals surface area (Å²) >= 11 is 6.10. The lowest BCUT2D eigenvalue weighted by atomic mass is 10.0. The highest BCUT2D eigenvalue weighted by atomic mass is 35.5. The number of carbonyl (C=O) groups is 2. The molecule has 0 bridgehead atoms. The summed E-state index contributed by atoms with van der Waals surface area (Å²) < 4.78 is 38.4. The van der Waals surface area contributed by atoms with Crippen molar-refractivity contribution in [3.63, 3.8) is 0 Å². The van der Waals surface area contributed by atoms with Crippen molar-refractivity contribution in [1.29, 1.82) is 0 Å². The highest BCUT2D eigenvalue weighted by molar-refractivity contribution is 7.89. The zero-order chi connectivity index (χ0) is 31.6. The van der Waals surface area contributed by atoms with Crippen LogP contribution in [0.5, 0.6) is 5.75 Å². The van der Waals surface area contributed by atoms with Crippen LogP contribution in [0.25, 0.3) is 0 Å². The van der Waals surface area contributed by atoms with Gasteiger partial charge in [-0.1, -0.05) is 60.1 Å². The fourth-order valence-corrected chi connectivity index (χ4v) is 6.41. The normalized spacial score (nSPS) is 14.3. The van der Waals surface area contributed by atoms with Crippen LogP contribution in [0.1, 0.15) is 22.7 Å². The Bertz CT molecular complexity index is 1670. The van der Waals surface area contributed by atoms with Crippen LogP contribution in [0.3, 0.4) is 0 Å². The Hall–Kier alpha value is -4.29. The van der Waals surface area contributed by atoms with Gasteiger partial charge in [-0.15, -0.1) is 0 Å². The number of pyridine rings is 1. The van der Waals surface area contributed by atoms with E-state index in [2.05, 4.69) is 10.3 Å². The van der Waals surface area contributed by atoms with Gasteiger partial charge in [-0.25, -0.2) is 8.42 Å². The number of hydrogen-bond acceptors (Lipinski definition) is 7. The second-order valence-corrected chi connectivity index (χ2v) is 12.7. The first-order valence-electron chi connectivity index (χ1n) is 14.4. The molecule has 1 N–H and O–H groups in total. The van der Waals surface area contributed by atoms with E-state index in [1.54, 1.807) is 54.9 Å². The topological polar surface area (TPSA) is 118 Å². The molecule has 1 saturated heterocycles. The second kappa shape index (κ2) is 15.1. The third-order valence-corrected chi connectivity index (χ3v) is 9.41. The van der Waals surface area contributed by atoms with Gasteiger partial charge < -0.3 is 19.7 Å². The largest absolute Gasteiger partial charge is 0.484 e. The number of hydrogen-bond donors (Lipinski definition) is 1. The molecule has 1 aromatic heterocycles. The number of carbonyl (C=O) groups excluding carboxylic acids is 2. The predicted molar refractivity (Wildman–Crippen MR) is 169 cm³/mol. The van der Waals surface area contributed by atoms with Crippen molar-refractivity contribution in [2.75, 3.05) is 32.9 Å². The summed E-state index contributed by atoms with van der Waals surface area (Å²) in [4.78, 5) is 33.4. The maximum absolute atomic E-state index is 13.9. The van der Waals surface area contributed by atoms with E-state index in [9.17, 15) is 18.0 Å². The van der Waals surface area contributed by atoms with Crippen LogP contribution < -0.4 is 10.1 Å². The molecule has 0 radical (unpaired) electrons. The van der Waals surface area contributed by atoms with E-state index in [0.29, 0.717) is 29.5 Å². The van der Waals surface area contributed by atoms with Gasteiger partial charge in [0, 0.05) is 43.6 Å². The molecule has 0 saturated carbocycles. The van der Waals surface area contributed by atoms with Crippen molar-refractivity contribution in [2.24, 2.45) is 0 Å². The lowest BCUT2D eigenvalue weighted by Crippen LogP contribution is -2.45. The van der Waals surface area contributed by atoms with Crippen molar-refractivity contribution >= 4 is 33.4 Å². The molecule has 10 nitrogen and oxygen atoms in total. The number of amides is 2.